The largest absolute Gasteiger partial charge is 0.340 e. The molecule has 7 nitrogen and oxygen atoms in total. The second-order valence-electron chi connectivity index (χ2n) is 6.83. The molecule has 0 N–H and O–H groups in total. The van der Waals surface area contributed by atoms with Crippen molar-refractivity contribution in [3.05, 3.63) is 28.7 Å². The maximum Gasteiger partial charge on any atom is 0.247 e. The second-order valence-corrected chi connectivity index (χ2v) is 7.94. The van der Waals surface area contributed by atoms with Gasteiger partial charge in [0.25, 0.3) is 0 Å². The fourth-order valence-corrected chi connectivity index (χ4v) is 4.39. The third-order valence-corrected chi connectivity index (χ3v) is 5.76. The summed E-state index contributed by atoms with van der Waals surface area (Å²) in [6.45, 7) is 3.17. The molecule has 1 fully saturated rings. The van der Waals surface area contributed by atoms with Gasteiger partial charge in [-0.3, -0.25) is 14.4 Å². The summed E-state index contributed by atoms with van der Waals surface area (Å²) in [6, 6.07) is 2.06. The van der Waals surface area contributed by atoms with Crippen LogP contribution in [0.5, 0.6) is 0 Å². The Hall–Kier alpha value is -2.19. The van der Waals surface area contributed by atoms with Gasteiger partial charge in [0.15, 0.2) is 0 Å². The number of hydrogen-bond donors (Lipinski definition) is 0. The lowest BCUT2D eigenvalue weighted by Gasteiger charge is -2.33. The van der Waals surface area contributed by atoms with Crippen molar-refractivity contribution >= 4 is 34.6 Å². The van der Waals surface area contributed by atoms with Crippen molar-refractivity contribution in [2.45, 2.75) is 13.0 Å². The first-order chi connectivity index (χ1) is 12.5. The Morgan fingerprint density at radius 1 is 1.27 bits per heavy atom. The fraction of sp³-hybridized carbons (Fsp3) is 0.500. The Bertz CT molecular complexity index is 728. The molecule has 2 aliphatic rings. The molecular weight excluding hydrogens is 352 g/mol. The molecule has 26 heavy (non-hydrogen) atoms. The molecule has 0 atom stereocenters. The van der Waals surface area contributed by atoms with Gasteiger partial charge in [-0.2, -0.15) is 0 Å². The van der Waals surface area contributed by atoms with Gasteiger partial charge < -0.3 is 19.6 Å². The number of hydrogen-bond acceptors (Lipinski definition) is 5. The highest BCUT2D eigenvalue weighted by Gasteiger charge is 2.29. The summed E-state index contributed by atoms with van der Waals surface area (Å²) in [4.78, 5) is 44.0. The number of likely N-dealkylation sites (N-methyl/N-ethyl adjacent to an activating group) is 1. The summed E-state index contributed by atoms with van der Waals surface area (Å²) in [5, 5.41) is 0.919. The average molecular weight is 376 g/mol. The number of nitrogens with zero attached hydrogens (tertiary/aromatic N) is 4. The van der Waals surface area contributed by atoms with E-state index in [1.807, 2.05) is 25.1 Å². The molecule has 3 amide bonds. The summed E-state index contributed by atoms with van der Waals surface area (Å²) in [5.74, 6) is -0.177. The number of fused-ring (bicyclic) bond motifs is 1. The summed E-state index contributed by atoms with van der Waals surface area (Å²) in [7, 11) is 3.87. The Balaban J connectivity index is 1.62. The van der Waals surface area contributed by atoms with E-state index >= 15 is 0 Å². The van der Waals surface area contributed by atoms with Gasteiger partial charge in [-0.15, -0.1) is 11.3 Å². The van der Waals surface area contributed by atoms with E-state index in [-0.39, 0.29) is 18.4 Å². The van der Waals surface area contributed by atoms with Crippen LogP contribution < -0.4 is 4.90 Å². The van der Waals surface area contributed by atoms with Gasteiger partial charge in [-0.1, -0.05) is 6.08 Å². The number of thiophene rings is 1. The molecule has 3 heterocycles. The van der Waals surface area contributed by atoms with E-state index < -0.39 is 0 Å². The first-order valence-electron chi connectivity index (χ1n) is 8.69. The van der Waals surface area contributed by atoms with Crippen molar-refractivity contribution in [2.75, 3.05) is 51.7 Å². The second kappa shape index (κ2) is 8.01. The third-order valence-electron chi connectivity index (χ3n) is 4.58. The number of amides is 3. The van der Waals surface area contributed by atoms with Crippen molar-refractivity contribution in [3.8, 4) is 0 Å². The van der Waals surface area contributed by atoms with E-state index in [1.54, 1.807) is 32.1 Å². The highest BCUT2D eigenvalue weighted by molar-refractivity contribution is 7.16. The molecule has 0 saturated carbocycles. The molecule has 8 heteroatoms. The fourth-order valence-electron chi connectivity index (χ4n) is 3.11. The van der Waals surface area contributed by atoms with Crippen LogP contribution in [-0.2, 0) is 27.3 Å². The predicted molar refractivity (Wildman–Crippen MR) is 101 cm³/mol. The molecule has 1 saturated heterocycles. The quantitative estimate of drug-likeness (QED) is 0.556. The van der Waals surface area contributed by atoms with E-state index in [2.05, 4.69) is 6.07 Å². The lowest BCUT2D eigenvalue weighted by molar-refractivity contribution is -0.133. The van der Waals surface area contributed by atoms with Crippen LogP contribution >= 0.6 is 11.3 Å². The first kappa shape index (κ1) is 18.6. The van der Waals surface area contributed by atoms with Crippen molar-refractivity contribution < 1.29 is 14.4 Å². The molecule has 0 spiro atoms. The zero-order valence-electron chi connectivity index (χ0n) is 15.2. The van der Waals surface area contributed by atoms with Crippen LogP contribution in [0, 0.1) is 0 Å². The zero-order valence-corrected chi connectivity index (χ0v) is 16.0. The van der Waals surface area contributed by atoms with Gasteiger partial charge in [0, 0.05) is 37.1 Å². The Morgan fingerprint density at radius 2 is 2.08 bits per heavy atom. The van der Waals surface area contributed by atoms with Crippen LogP contribution in [0.15, 0.2) is 18.2 Å². The molecule has 3 rings (SSSR count). The number of carbonyl (C=O) groups is 3. The Morgan fingerprint density at radius 3 is 2.77 bits per heavy atom. The van der Waals surface area contributed by atoms with Crippen molar-refractivity contribution in [1.29, 1.82) is 0 Å². The lowest BCUT2D eigenvalue weighted by atomic mass is 10.1. The molecule has 140 valence electrons. The minimum absolute atomic E-state index is 0.0588. The maximum atomic E-state index is 12.6. The highest BCUT2D eigenvalue weighted by atomic mass is 32.1. The van der Waals surface area contributed by atoms with Crippen molar-refractivity contribution in [2.24, 2.45) is 0 Å². The molecule has 1 aromatic heterocycles. The standard InChI is InChI=1S/C18H24N4O3S/c1-19(2)6-3-4-16(24)21-8-9-22(17(25)12-21)18-10-14-5-7-20(13-23)11-15(14)26-18/h3-4,10,13H,5-9,11-12H2,1-2H3/b4-3+. The first-order valence-corrected chi connectivity index (χ1v) is 9.51. The molecule has 0 radical (unpaired) electrons. The number of carbonyl (C=O) groups excluding carboxylic acids is 3. The molecule has 0 bridgehead atoms. The van der Waals surface area contributed by atoms with Crippen LogP contribution in [0.25, 0.3) is 0 Å². The number of rotatable bonds is 5. The number of anilines is 1. The molecule has 0 aromatic carbocycles. The summed E-state index contributed by atoms with van der Waals surface area (Å²) < 4.78 is 0. The van der Waals surface area contributed by atoms with Gasteiger partial charge >= 0.3 is 0 Å². The van der Waals surface area contributed by atoms with Gasteiger partial charge in [-0.25, -0.2) is 0 Å². The summed E-state index contributed by atoms with van der Waals surface area (Å²) in [5.41, 5.74) is 1.22. The minimum Gasteiger partial charge on any atom is -0.340 e. The monoisotopic (exact) mass is 376 g/mol. The van der Waals surface area contributed by atoms with E-state index in [0.29, 0.717) is 26.2 Å². The lowest BCUT2D eigenvalue weighted by Crippen LogP contribution is -2.51. The normalized spacial score (nSPS) is 18.0. The topological polar surface area (TPSA) is 64.2 Å². The summed E-state index contributed by atoms with van der Waals surface area (Å²) in [6.07, 6.45) is 5.06. The highest BCUT2D eigenvalue weighted by Crippen LogP contribution is 2.34. The minimum atomic E-state index is -0.119. The van der Waals surface area contributed by atoms with Gasteiger partial charge in [-0.05, 0) is 32.1 Å². The molecule has 1 aromatic rings. The predicted octanol–water partition coefficient (Wildman–Crippen LogP) is 0.556. The summed E-state index contributed by atoms with van der Waals surface area (Å²) >= 11 is 1.57. The van der Waals surface area contributed by atoms with E-state index in [9.17, 15) is 14.4 Å². The average Bonchev–Trinajstić information content (AvgIpc) is 3.03. The van der Waals surface area contributed by atoms with Gasteiger partial charge in [0.05, 0.1) is 11.5 Å². The van der Waals surface area contributed by atoms with Crippen molar-refractivity contribution in [3.63, 3.8) is 0 Å². The molecule has 2 aliphatic heterocycles. The van der Waals surface area contributed by atoms with Gasteiger partial charge in [0.2, 0.25) is 18.2 Å². The van der Waals surface area contributed by atoms with E-state index in [4.69, 9.17) is 0 Å². The SMILES string of the molecule is CN(C)C/C=C/C(=O)N1CCN(c2cc3c(s2)CN(C=O)CC3)C(=O)C1. The smallest absolute Gasteiger partial charge is 0.247 e. The van der Waals surface area contributed by atoms with Crippen LogP contribution in [-0.4, -0.2) is 79.7 Å². The maximum absolute atomic E-state index is 12.6. The zero-order chi connectivity index (χ0) is 18.7. The number of piperazine rings is 1. The van der Waals surface area contributed by atoms with E-state index in [0.717, 1.165) is 29.3 Å². The Labute approximate surface area is 157 Å². The van der Waals surface area contributed by atoms with Crippen LogP contribution in [0.4, 0.5) is 5.00 Å². The van der Waals surface area contributed by atoms with E-state index in [1.165, 1.54) is 5.56 Å². The third kappa shape index (κ3) is 4.13. The van der Waals surface area contributed by atoms with Gasteiger partial charge in [0.1, 0.15) is 6.54 Å². The van der Waals surface area contributed by atoms with Crippen LogP contribution in [0.2, 0.25) is 0 Å². The molecule has 0 unspecified atom stereocenters. The van der Waals surface area contributed by atoms with Crippen molar-refractivity contribution in [1.82, 2.24) is 14.7 Å². The Kier molecular flexibility index (Phi) is 5.73. The molecular formula is C18H24N4O3S. The van der Waals surface area contributed by atoms with Crippen LogP contribution in [0.3, 0.4) is 0 Å². The van der Waals surface area contributed by atoms with Crippen LogP contribution in [0.1, 0.15) is 10.4 Å². The molecule has 0 aliphatic carbocycles.